The van der Waals surface area contributed by atoms with E-state index in [1.165, 1.54) is 18.2 Å². The summed E-state index contributed by atoms with van der Waals surface area (Å²) in [6, 6.07) is 11.0. The molecule has 0 radical (unpaired) electrons. The van der Waals surface area contributed by atoms with Crippen molar-refractivity contribution in [2.75, 3.05) is 11.4 Å². The predicted octanol–water partition coefficient (Wildman–Crippen LogP) is 3.58. The minimum atomic E-state index is -0.338. The molecule has 0 amide bonds. The molecule has 0 bridgehead atoms. The maximum absolute atomic E-state index is 13.8. The second kappa shape index (κ2) is 5.80. The largest absolute Gasteiger partial charge is 0.341 e. The van der Waals surface area contributed by atoms with E-state index < -0.39 is 0 Å². The number of benzene rings is 2. The number of hydrogen-bond acceptors (Lipinski definition) is 2. The van der Waals surface area contributed by atoms with Gasteiger partial charge in [0, 0.05) is 30.0 Å². The van der Waals surface area contributed by atoms with E-state index in [1.807, 2.05) is 11.8 Å². The van der Waals surface area contributed by atoms with Gasteiger partial charge in [0.2, 0.25) is 0 Å². The Morgan fingerprint density at radius 3 is 2.47 bits per heavy atom. The van der Waals surface area contributed by atoms with Crippen molar-refractivity contribution < 1.29 is 8.78 Å². The van der Waals surface area contributed by atoms with Crippen LogP contribution in [0, 0.1) is 11.6 Å². The standard InChI is InChI=1S/C15H16F2N2/c1-2-19(12-6-3-5-11(16)9-12)15-8-4-7-14(17)13(15)10-18/h3-9H,2,10,18H2,1H3. The molecule has 2 N–H and O–H groups in total. The zero-order valence-corrected chi connectivity index (χ0v) is 10.7. The Morgan fingerprint density at radius 2 is 1.84 bits per heavy atom. The van der Waals surface area contributed by atoms with Gasteiger partial charge in [-0.1, -0.05) is 12.1 Å². The van der Waals surface area contributed by atoms with Gasteiger partial charge in [0.25, 0.3) is 0 Å². The highest BCUT2D eigenvalue weighted by atomic mass is 19.1. The van der Waals surface area contributed by atoms with Gasteiger partial charge in [-0.15, -0.1) is 0 Å². The number of nitrogens with zero attached hydrogens (tertiary/aromatic N) is 1. The second-order valence-electron chi connectivity index (χ2n) is 4.17. The monoisotopic (exact) mass is 262 g/mol. The van der Waals surface area contributed by atoms with Gasteiger partial charge in [-0.05, 0) is 37.3 Å². The predicted molar refractivity (Wildman–Crippen MR) is 73.4 cm³/mol. The first kappa shape index (κ1) is 13.5. The molecule has 100 valence electrons. The Hall–Kier alpha value is -1.94. The van der Waals surface area contributed by atoms with Crippen molar-refractivity contribution in [3.63, 3.8) is 0 Å². The molecule has 2 aromatic carbocycles. The van der Waals surface area contributed by atoms with E-state index in [9.17, 15) is 8.78 Å². The first-order valence-electron chi connectivity index (χ1n) is 6.18. The van der Waals surface area contributed by atoms with Gasteiger partial charge in [0.1, 0.15) is 11.6 Å². The van der Waals surface area contributed by atoms with E-state index in [0.29, 0.717) is 23.5 Å². The highest BCUT2D eigenvalue weighted by Crippen LogP contribution is 2.30. The number of hydrogen-bond donors (Lipinski definition) is 1. The Balaban J connectivity index is 2.51. The minimum absolute atomic E-state index is 0.105. The van der Waals surface area contributed by atoms with Crippen LogP contribution in [0.5, 0.6) is 0 Å². The molecule has 2 aromatic rings. The minimum Gasteiger partial charge on any atom is -0.341 e. The van der Waals surface area contributed by atoms with Gasteiger partial charge < -0.3 is 10.6 Å². The fourth-order valence-corrected chi connectivity index (χ4v) is 2.14. The van der Waals surface area contributed by atoms with Crippen LogP contribution in [0.3, 0.4) is 0 Å². The molecular formula is C15H16F2N2. The van der Waals surface area contributed by atoms with Gasteiger partial charge in [0.05, 0.1) is 0 Å². The lowest BCUT2D eigenvalue weighted by molar-refractivity contribution is 0.610. The Labute approximate surface area is 111 Å². The van der Waals surface area contributed by atoms with Crippen LogP contribution < -0.4 is 10.6 Å². The Bertz CT molecular complexity index is 570. The van der Waals surface area contributed by atoms with E-state index in [-0.39, 0.29) is 18.2 Å². The van der Waals surface area contributed by atoms with Gasteiger partial charge in [-0.25, -0.2) is 8.78 Å². The average molecular weight is 262 g/mol. The Morgan fingerprint density at radius 1 is 1.11 bits per heavy atom. The summed E-state index contributed by atoms with van der Waals surface area (Å²) in [6.45, 7) is 2.63. The normalized spacial score (nSPS) is 10.5. The summed E-state index contributed by atoms with van der Waals surface area (Å²) in [5.74, 6) is -0.656. The van der Waals surface area contributed by atoms with Crippen molar-refractivity contribution >= 4 is 11.4 Å². The molecule has 2 rings (SSSR count). The zero-order chi connectivity index (χ0) is 13.8. The van der Waals surface area contributed by atoms with Crippen LogP contribution in [0.1, 0.15) is 12.5 Å². The molecule has 0 aliphatic heterocycles. The van der Waals surface area contributed by atoms with Gasteiger partial charge in [0.15, 0.2) is 0 Å². The van der Waals surface area contributed by atoms with Crippen LogP contribution in [0.15, 0.2) is 42.5 Å². The van der Waals surface area contributed by atoms with Crippen molar-refractivity contribution in [1.82, 2.24) is 0 Å². The molecule has 19 heavy (non-hydrogen) atoms. The van der Waals surface area contributed by atoms with Crippen LogP contribution in [0.25, 0.3) is 0 Å². The van der Waals surface area contributed by atoms with Crippen molar-refractivity contribution in [2.45, 2.75) is 13.5 Å². The molecular weight excluding hydrogens is 246 g/mol. The third-order valence-corrected chi connectivity index (χ3v) is 3.03. The van der Waals surface area contributed by atoms with Crippen molar-refractivity contribution in [3.05, 3.63) is 59.7 Å². The van der Waals surface area contributed by atoms with Gasteiger partial charge in [-0.3, -0.25) is 0 Å². The van der Waals surface area contributed by atoms with E-state index >= 15 is 0 Å². The average Bonchev–Trinajstić information content (AvgIpc) is 2.40. The maximum atomic E-state index is 13.8. The smallest absolute Gasteiger partial charge is 0.129 e. The molecule has 0 spiro atoms. The lowest BCUT2D eigenvalue weighted by Crippen LogP contribution is -2.19. The van der Waals surface area contributed by atoms with Crippen molar-refractivity contribution in [3.8, 4) is 0 Å². The van der Waals surface area contributed by atoms with Crippen LogP contribution in [0.4, 0.5) is 20.2 Å². The Kier molecular flexibility index (Phi) is 4.12. The highest BCUT2D eigenvalue weighted by molar-refractivity contribution is 5.66. The molecule has 2 nitrogen and oxygen atoms in total. The summed E-state index contributed by atoms with van der Waals surface area (Å²) >= 11 is 0. The van der Waals surface area contributed by atoms with Gasteiger partial charge in [-0.2, -0.15) is 0 Å². The third kappa shape index (κ3) is 2.74. The van der Waals surface area contributed by atoms with Gasteiger partial charge >= 0.3 is 0 Å². The van der Waals surface area contributed by atoms with Crippen LogP contribution in [0.2, 0.25) is 0 Å². The number of halogens is 2. The molecule has 0 aromatic heterocycles. The highest BCUT2D eigenvalue weighted by Gasteiger charge is 2.14. The van der Waals surface area contributed by atoms with Crippen LogP contribution >= 0.6 is 0 Å². The molecule has 0 atom stereocenters. The van der Waals surface area contributed by atoms with Crippen LogP contribution in [-0.4, -0.2) is 6.54 Å². The van der Waals surface area contributed by atoms with E-state index in [1.54, 1.807) is 24.3 Å². The van der Waals surface area contributed by atoms with Crippen molar-refractivity contribution in [1.29, 1.82) is 0 Å². The zero-order valence-electron chi connectivity index (χ0n) is 10.7. The molecule has 0 aliphatic rings. The first-order chi connectivity index (χ1) is 9.17. The lowest BCUT2D eigenvalue weighted by atomic mass is 10.1. The van der Waals surface area contributed by atoms with Crippen LogP contribution in [-0.2, 0) is 6.54 Å². The summed E-state index contributed by atoms with van der Waals surface area (Å²) in [6.07, 6.45) is 0. The second-order valence-corrected chi connectivity index (χ2v) is 4.17. The maximum Gasteiger partial charge on any atom is 0.129 e. The quantitative estimate of drug-likeness (QED) is 0.912. The number of rotatable bonds is 4. The molecule has 0 fully saturated rings. The van der Waals surface area contributed by atoms with E-state index in [2.05, 4.69) is 0 Å². The summed E-state index contributed by atoms with van der Waals surface area (Å²) in [5.41, 5.74) is 7.41. The first-order valence-corrected chi connectivity index (χ1v) is 6.18. The fourth-order valence-electron chi connectivity index (χ4n) is 2.14. The SMILES string of the molecule is CCN(c1cccc(F)c1)c1cccc(F)c1CN. The van der Waals surface area contributed by atoms with E-state index in [4.69, 9.17) is 5.73 Å². The summed E-state index contributed by atoms with van der Waals surface area (Å²) in [5, 5.41) is 0. The third-order valence-electron chi connectivity index (χ3n) is 3.03. The number of anilines is 2. The molecule has 0 heterocycles. The fraction of sp³-hybridized carbons (Fsp3) is 0.200. The summed E-state index contributed by atoms with van der Waals surface area (Å²) < 4.78 is 27.1. The summed E-state index contributed by atoms with van der Waals surface area (Å²) in [4.78, 5) is 1.84. The lowest BCUT2D eigenvalue weighted by Gasteiger charge is -2.26. The molecule has 0 unspecified atom stereocenters. The van der Waals surface area contributed by atoms with Crippen molar-refractivity contribution in [2.24, 2.45) is 5.73 Å². The molecule has 0 aliphatic carbocycles. The molecule has 0 saturated heterocycles. The molecule has 4 heteroatoms. The van der Waals surface area contributed by atoms with E-state index in [0.717, 1.165) is 0 Å². The summed E-state index contributed by atoms with van der Waals surface area (Å²) in [7, 11) is 0. The number of nitrogens with two attached hydrogens (primary N) is 1. The molecule has 0 saturated carbocycles. The topological polar surface area (TPSA) is 29.3 Å².